The minimum absolute atomic E-state index is 0.101. The molecule has 1 spiro atoms. The van der Waals surface area contributed by atoms with Crippen molar-refractivity contribution in [1.82, 2.24) is 20.2 Å². The highest BCUT2D eigenvalue weighted by Crippen LogP contribution is 2.52. The molecule has 2 N–H and O–H groups in total. The molecule has 6 rings (SSSR count). The first-order chi connectivity index (χ1) is 19.4. The zero-order valence-corrected chi connectivity index (χ0v) is 23.9. The summed E-state index contributed by atoms with van der Waals surface area (Å²) in [5.74, 6) is 1.87. The van der Waals surface area contributed by atoms with E-state index in [0.717, 1.165) is 63.1 Å². The Balaban J connectivity index is 1.25. The molecule has 2 saturated carbocycles. The number of rotatable bonds is 6. The molecule has 2 amide bonds. The summed E-state index contributed by atoms with van der Waals surface area (Å²) in [6.07, 6.45) is 11.6. The SMILES string of the molecule is COc1cc(C(=O)NC2CCCN(C)C2)ccc1Nc1ncc2c(n1)N(C1CCCCC1)CC1(CC1)C(=O)N2C. The molecule has 10 nitrogen and oxygen atoms in total. The third-order valence-electron chi connectivity index (χ3n) is 9.15. The van der Waals surface area contributed by atoms with Crippen molar-refractivity contribution in [3.8, 4) is 5.75 Å². The number of nitrogens with zero attached hydrogens (tertiary/aromatic N) is 5. The molecule has 1 unspecified atom stereocenters. The topological polar surface area (TPSA) is 103 Å². The van der Waals surface area contributed by atoms with Gasteiger partial charge in [-0.25, -0.2) is 4.98 Å². The first kappa shape index (κ1) is 26.8. The Morgan fingerprint density at radius 2 is 1.90 bits per heavy atom. The van der Waals surface area contributed by atoms with Gasteiger partial charge in [-0.1, -0.05) is 19.3 Å². The predicted octanol–water partition coefficient (Wildman–Crippen LogP) is 3.95. The number of likely N-dealkylation sites (N-methyl/N-ethyl adjacent to an activating group) is 1. The monoisotopic (exact) mass is 547 g/mol. The second-order valence-corrected chi connectivity index (χ2v) is 12.1. The van der Waals surface area contributed by atoms with E-state index in [9.17, 15) is 9.59 Å². The number of hydrogen-bond acceptors (Lipinski definition) is 8. The Kier molecular flexibility index (Phi) is 7.29. The molecular formula is C30H41N7O3. The third-order valence-corrected chi connectivity index (χ3v) is 9.15. The Morgan fingerprint density at radius 3 is 2.62 bits per heavy atom. The van der Waals surface area contributed by atoms with Gasteiger partial charge in [0.15, 0.2) is 5.82 Å². The van der Waals surface area contributed by atoms with Gasteiger partial charge in [0.25, 0.3) is 5.91 Å². The first-order valence-corrected chi connectivity index (χ1v) is 14.7. The van der Waals surface area contributed by atoms with Crippen LogP contribution < -0.4 is 25.2 Å². The van der Waals surface area contributed by atoms with Gasteiger partial charge in [0.05, 0.1) is 24.4 Å². The number of amides is 2. The number of hydrogen-bond donors (Lipinski definition) is 2. The van der Waals surface area contributed by atoms with Crippen molar-refractivity contribution in [2.24, 2.45) is 5.41 Å². The lowest BCUT2D eigenvalue weighted by atomic mass is 9.93. The number of carbonyl (C=O) groups is 2. The number of carbonyl (C=O) groups excluding carboxylic acids is 2. The first-order valence-electron chi connectivity index (χ1n) is 14.7. The van der Waals surface area contributed by atoms with Crippen molar-refractivity contribution in [2.75, 3.05) is 56.0 Å². The van der Waals surface area contributed by atoms with Crippen molar-refractivity contribution in [2.45, 2.75) is 69.9 Å². The average Bonchev–Trinajstić information content (AvgIpc) is 3.77. The predicted molar refractivity (Wildman–Crippen MR) is 156 cm³/mol. The lowest BCUT2D eigenvalue weighted by Crippen LogP contribution is -2.46. The molecule has 4 aliphatic rings. The minimum Gasteiger partial charge on any atom is -0.495 e. The second kappa shape index (κ2) is 10.9. The summed E-state index contributed by atoms with van der Waals surface area (Å²) in [6, 6.07) is 5.92. The number of piperidine rings is 1. The number of anilines is 4. The lowest BCUT2D eigenvalue weighted by Gasteiger charge is -2.36. The van der Waals surface area contributed by atoms with Crippen molar-refractivity contribution < 1.29 is 14.3 Å². The maximum absolute atomic E-state index is 13.4. The molecule has 10 heteroatoms. The highest BCUT2D eigenvalue weighted by molar-refractivity contribution is 6.03. The molecule has 1 aromatic heterocycles. The highest BCUT2D eigenvalue weighted by atomic mass is 16.5. The van der Waals surface area contributed by atoms with Crippen LogP contribution >= 0.6 is 0 Å². The van der Waals surface area contributed by atoms with Gasteiger partial charge >= 0.3 is 0 Å². The van der Waals surface area contributed by atoms with E-state index >= 15 is 0 Å². The molecule has 3 heterocycles. The van der Waals surface area contributed by atoms with Gasteiger partial charge < -0.3 is 30.1 Å². The van der Waals surface area contributed by atoms with Crippen molar-refractivity contribution >= 4 is 35.0 Å². The number of methoxy groups -OCH3 is 1. The van der Waals surface area contributed by atoms with Crippen LogP contribution in [0.15, 0.2) is 24.4 Å². The summed E-state index contributed by atoms with van der Waals surface area (Å²) < 4.78 is 5.66. The largest absolute Gasteiger partial charge is 0.495 e. The smallest absolute Gasteiger partial charge is 0.251 e. The maximum atomic E-state index is 13.4. The molecule has 2 aliphatic carbocycles. The van der Waals surface area contributed by atoms with Crippen LogP contribution in [0.2, 0.25) is 0 Å². The number of benzene rings is 1. The molecule has 3 fully saturated rings. The van der Waals surface area contributed by atoms with E-state index in [1.165, 1.54) is 19.3 Å². The van der Waals surface area contributed by atoms with E-state index in [1.807, 2.05) is 13.1 Å². The quantitative estimate of drug-likeness (QED) is 0.561. The zero-order valence-electron chi connectivity index (χ0n) is 23.9. The van der Waals surface area contributed by atoms with Gasteiger partial charge in [0.2, 0.25) is 11.9 Å². The van der Waals surface area contributed by atoms with Crippen LogP contribution in [0.5, 0.6) is 5.75 Å². The Labute approximate surface area is 236 Å². The average molecular weight is 548 g/mol. The number of nitrogens with one attached hydrogen (secondary N) is 2. The van der Waals surface area contributed by atoms with E-state index in [2.05, 4.69) is 32.5 Å². The van der Waals surface area contributed by atoms with Crippen molar-refractivity contribution in [1.29, 1.82) is 0 Å². The summed E-state index contributed by atoms with van der Waals surface area (Å²) >= 11 is 0. The van der Waals surface area contributed by atoms with Crippen LogP contribution in [-0.4, -0.2) is 79.6 Å². The fourth-order valence-electron chi connectivity index (χ4n) is 6.64. The molecule has 1 saturated heterocycles. The Bertz CT molecular complexity index is 1270. The Hall–Kier alpha value is -3.40. The zero-order chi connectivity index (χ0) is 27.9. The molecule has 214 valence electrons. The van der Waals surface area contributed by atoms with E-state index in [4.69, 9.17) is 9.72 Å². The molecule has 0 bridgehead atoms. The van der Waals surface area contributed by atoms with Gasteiger partial charge in [0, 0.05) is 37.8 Å². The molecule has 2 aromatic rings. The summed E-state index contributed by atoms with van der Waals surface area (Å²) in [5, 5.41) is 6.48. The third kappa shape index (κ3) is 5.21. The van der Waals surface area contributed by atoms with Crippen LogP contribution in [0.1, 0.15) is 68.1 Å². The van der Waals surface area contributed by atoms with E-state index < -0.39 is 0 Å². The van der Waals surface area contributed by atoms with E-state index in [1.54, 1.807) is 30.3 Å². The van der Waals surface area contributed by atoms with Gasteiger partial charge in [0.1, 0.15) is 11.4 Å². The summed E-state index contributed by atoms with van der Waals surface area (Å²) in [6.45, 7) is 2.64. The van der Waals surface area contributed by atoms with Gasteiger partial charge in [-0.2, -0.15) is 4.98 Å². The summed E-state index contributed by atoms with van der Waals surface area (Å²) in [7, 11) is 5.53. The normalized spacial score (nSPS) is 23.0. The van der Waals surface area contributed by atoms with Gasteiger partial charge in [-0.3, -0.25) is 9.59 Å². The molecule has 40 heavy (non-hydrogen) atoms. The standard InChI is InChI=1S/C30H41N7O3/c1-35-15-7-8-21(18-35)32-27(38)20-11-12-23(25(16-20)40-3)33-29-31-17-24-26(34-29)37(22-9-5-4-6-10-22)19-30(13-14-30)28(39)36(24)2/h11-12,16-17,21-22H,4-10,13-15,18-19H2,1-3H3,(H,32,38)(H,31,33,34). The van der Waals surface area contributed by atoms with Crippen LogP contribution in [0.3, 0.4) is 0 Å². The minimum atomic E-state index is -0.298. The van der Waals surface area contributed by atoms with Crippen molar-refractivity contribution in [3.63, 3.8) is 0 Å². The molecule has 0 radical (unpaired) electrons. The number of fused-ring (bicyclic) bond motifs is 1. The second-order valence-electron chi connectivity index (χ2n) is 12.1. The van der Waals surface area contributed by atoms with Crippen LogP contribution in [0.25, 0.3) is 0 Å². The van der Waals surface area contributed by atoms with E-state index in [-0.39, 0.29) is 23.3 Å². The number of likely N-dealkylation sites (tertiary alicyclic amines) is 1. The highest BCUT2D eigenvalue weighted by Gasteiger charge is 2.55. The lowest BCUT2D eigenvalue weighted by molar-refractivity contribution is -0.123. The molecule has 2 aliphatic heterocycles. The van der Waals surface area contributed by atoms with Crippen LogP contribution in [0, 0.1) is 5.41 Å². The summed E-state index contributed by atoms with van der Waals surface area (Å²) in [4.78, 5) is 42.4. The molecule has 1 aromatic carbocycles. The maximum Gasteiger partial charge on any atom is 0.251 e. The fourth-order valence-corrected chi connectivity index (χ4v) is 6.64. The number of aromatic nitrogens is 2. The van der Waals surface area contributed by atoms with Crippen LogP contribution in [-0.2, 0) is 4.79 Å². The van der Waals surface area contributed by atoms with Gasteiger partial charge in [-0.05, 0) is 70.3 Å². The van der Waals surface area contributed by atoms with E-state index in [0.29, 0.717) is 35.5 Å². The van der Waals surface area contributed by atoms with Crippen LogP contribution in [0.4, 0.5) is 23.1 Å². The number of ether oxygens (including phenoxy) is 1. The molecule has 1 atom stereocenters. The van der Waals surface area contributed by atoms with Crippen molar-refractivity contribution in [3.05, 3.63) is 30.0 Å². The van der Waals surface area contributed by atoms with Gasteiger partial charge in [-0.15, -0.1) is 0 Å². The fraction of sp³-hybridized carbons (Fsp3) is 0.600. The Morgan fingerprint density at radius 1 is 1.10 bits per heavy atom. The molecular weight excluding hydrogens is 506 g/mol. The summed E-state index contributed by atoms with van der Waals surface area (Å²) in [5.41, 5.74) is 1.69.